The molecule has 0 fully saturated rings. The van der Waals surface area contributed by atoms with Gasteiger partial charge in [-0.15, -0.1) is 0 Å². The van der Waals surface area contributed by atoms with Crippen molar-refractivity contribution in [1.29, 1.82) is 0 Å². The summed E-state index contributed by atoms with van der Waals surface area (Å²) >= 11 is 10.5. The summed E-state index contributed by atoms with van der Waals surface area (Å²) in [5, 5.41) is 3.42. The van der Waals surface area contributed by atoms with Crippen LogP contribution in [0.25, 0.3) is 0 Å². The van der Waals surface area contributed by atoms with Gasteiger partial charge < -0.3 is 10.1 Å². The summed E-state index contributed by atoms with van der Waals surface area (Å²) in [6.07, 6.45) is 0. The van der Waals surface area contributed by atoms with Gasteiger partial charge in [0.25, 0.3) is 0 Å². The van der Waals surface area contributed by atoms with Crippen LogP contribution in [0.2, 0.25) is 0 Å². The Morgan fingerprint density at radius 2 is 1.65 bits per heavy atom. The van der Waals surface area contributed by atoms with Crippen LogP contribution in [-0.4, -0.2) is 7.11 Å². The van der Waals surface area contributed by atoms with E-state index in [2.05, 4.69) is 90.4 Å². The van der Waals surface area contributed by atoms with Gasteiger partial charge in [-0.05, 0) is 80.2 Å². The maximum atomic E-state index is 5.30. The minimum Gasteiger partial charge on any atom is -0.494 e. The first kappa shape index (κ1) is 15.9. The van der Waals surface area contributed by atoms with Gasteiger partial charge in [-0.3, -0.25) is 0 Å². The fourth-order valence-corrected chi connectivity index (χ4v) is 3.72. The second-order valence-electron chi connectivity index (χ2n) is 4.41. The molecule has 2 aromatic rings. The lowest BCUT2D eigenvalue weighted by Crippen LogP contribution is -2.00. The summed E-state index contributed by atoms with van der Waals surface area (Å²) in [6.45, 7) is 2.83. The van der Waals surface area contributed by atoms with E-state index < -0.39 is 0 Å². The molecule has 0 bridgehead atoms. The van der Waals surface area contributed by atoms with Crippen molar-refractivity contribution in [3.63, 3.8) is 0 Å². The van der Waals surface area contributed by atoms with Crippen LogP contribution < -0.4 is 10.1 Å². The zero-order valence-electron chi connectivity index (χ0n) is 11.1. The summed E-state index contributed by atoms with van der Waals surface area (Å²) < 4.78 is 8.31. The highest BCUT2D eigenvalue weighted by molar-refractivity contribution is 9.11. The first-order valence-electron chi connectivity index (χ1n) is 6.03. The van der Waals surface area contributed by atoms with Crippen LogP contribution >= 0.6 is 47.8 Å². The Bertz CT molecular complexity index is 606. The van der Waals surface area contributed by atoms with E-state index in [1.165, 1.54) is 11.1 Å². The van der Waals surface area contributed by atoms with Gasteiger partial charge in [0.15, 0.2) is 0 Å². The van der Waals surface area contributed by atoms with Gasteiger partial charge in [-0.2, -0.15) is 0 Å². The van der Waals surface area contributed by atoms with Gasteiger partial charge in [0.1, 0.15) is 5.75 Å². The standard InChI is InChI=1S/C15H14Br3NO/c1-9-5-11(3-4-12(9)16)19-8-10-6-13(17)15(20-2)14(18)7-10/h3-7,19H,8H2,1-2H3. The lowest BCUT2D eigenvalue weighted by atomic mass is 10.2. The van der Waals surface area contributed by atoms with E-state index in [9.17, 15) is 0 Å². The number of anilines is 1. The summed E-state index contributed by atoms with van der Waals surface area (Å²) in [4.78, 5) is 0. The van der Waals surface area contributed by atoms with E-state index in [0.717, 1.165) is 31.4 Å². The summed E-state index contributed by atoms with van der Waals surface area (Å²) in [5.41, 5.74) is 3.49. The van der Waals surface area contributed by atoms with Crippen LogP contribution in [0, 0.1) is 6.92 Å². The first-order valence-corrected chi connectivity index (χ1v) is 8.41. The molecule has 0 saturated heterocycles. The van der Waals surface area contributed by atoms with Crippen molar-refractivity contribution < 1.29 is 4.74 Å². The van der Waals surface area contributed by atoms with Gasteiger partial charge in [-0.25, -0.2) is 0 Å². The van der Waals surface area contributed by atoms with Gasteiger partial charge >= 0.3 is 0 Å². The zero-order chi connectivity index (χ0) is 14.7. The number of rotatable bonds is 4. The lowest BCUT2D eigenvalue weighted by molar-refractivity contribution is 0.409. The van der Waals surface area contributed by atoms with Crippen LogP contribution in [0.1, 0.15) is 11.1 Å². The van der Waals surface area contributed by atoms with Gasteiger partial charge in [0, 0.05) is 16.7 Å². The molecular formula is C15H14Br3NO. The van der Waals surface area contributed by atoms with E-state index >= 15 is 0 Å². The molecule has 0 amide bonds. The van der Waals surface area contributed by atoms with E-state index in [1.807, 2.05) is 0 Å². The predicted octanol–water partition coefficient (Wildman–Crippen LogP) is 5.90. The number of nitrogens with one attached hydrogen (secondary N) is 1. The first-order chi connectivity index (χ1) is 9.51. The van der Waals surface area contributed by atoms with Crippen LogP contribution in [0.3, 0.4) is 0 Å². The van der Waals surface area contributed by atoms with Crippen LogP contribution in [0.5, 0.6) is 5.75 Å². The third kappa shape index (κ3) is 3.77. The SMILES string of the molecule is COc1c(Br)cc(CNc2ccc(Br)c(C)c2)cc1Br. The molecule has 0 aromatic heterocycles. The number of hydrogen-bond acceptors (Lipinski definition) is 2. The van der Waals surface area contributed by atoms with Crippen LogP contribution in [0.4, 0.5) is 5.69 Å². The number of hydrogen-bond donors (Lipinski definition) is 1. The van der Waals surface area contributed by atoms with E-state index in [4.69, 9.17) is 4.74 Å². The van der Waals surface area contributed by atoms with Crippen LogP contribution in [-0.2, 0) is 6.54 Å². The molecule has 0 heterocycles. The topological polar surface area (TPSA) is 21.3 Å². The maximum absolute atomic E-state index is 5.30. The molecule has 0 aliphatic carbocycles. The molecule has 2 rings (SSSR count). The van der Waals surface area contributed by atoms with Crippen molar-refractivity contribution in [2.24, 2.45) is 0 Å². The Morgan fingerprint density at radius 3 is 2.20 bits per heavy atom. The monoisotopic (exact) mass is 461 g/mol. The molecule has 0 aliphatic rings. The molecule has 0 radical (unpaired) electrons. The third-order valence-corrected chi connectivity index (χ3v) is 4.98. The Morgan fingerprint density at radius 1 is 1.00 bits per heavy atom. The summed E-state index contributed by atoms with van der Waals surface area (Å²) in [5.74, 6) is 0.813. The molecule has 0 unspecified atom stereocenters. The molecule has 5 heteroatoms. The minimum atomic E-state index is 0.752. The summed E-state index contributed by atoms with van der Waals surface area (Å²) in [7, 11) is 1.66. The number of aryl methyl sites for hydroxylation is 1. The zero-order valence-corrected chi connectivity index (χ0v) is 15.9. The molecule has 2 nitrogen and oxygen atoms in total. The fourth-order valence-electron chi connectivity index (χ4n) is 1.87. The highest BCUT2D eigenvalue weighted by Gasteiger charge is 2.07. The van der Waals surface area contributed by atoms with Gasteiger partial charge in [0.05, 0.1) is 16.1 Å². The highest BCUT2D eigenvalue weighted by Crippen LogP contribution is 2.34. The van der Waals surface area contributed by atoms with E-state index in [1.54, 1.807) is 7.11 Å². The molecule has 0 atom stereocenters. The molecule has 0 saturated carbocycles. The predicted molar refractivity (Wildman–Crippen MR) is 94.6 cm³/mol. The Labute approximate surface area is 144 Å². The average molecular weight is 464 g/mol. The largest absolute Gasteiger partial charge is 0.494 e. The second-order valence-corrected chi connectivity index (χ2v) is 6.97. The Balaban J connectivity index is 2.13. The smallest absolute Gasteiger partial charge is 0.147 e. The quantitative estimate of drug-likeness (QED) is 0.609. The van der Waals surface area contributed by atoms with Crippen molar-refractivity contribution >= 4 is 53.5 Å². The van der Waals surface area contributed by atoms with Crippen molar-refractivity contribution in [2.45, 2.75) is 13.5 Å². The highest BCUT2D eigenvalue weighted by atomic mass is 79.9. The Kier molecular flexibility index (Phi) is 5.52. The van der Waals surface area contributed by atoms with Crippen molar-refractivity contribution in [3.8, 4) is 5.75 Å². The summed E-state index contributed by atoms with van der Waals surface area (Å²) in [6, 6.07) is 10.4. The van der Waals surface area contributed by atoms with Crippen molar-refractivity contribution in [2.75, 3.05) is 12.4 Å². The number of ether oxygens (including phenoxy) is 1. The van der Waals surface area contributed by atoms with E-state index in [-0.39, 0.29) is 0 Å². The average Bonchev–Trinajstić information content (AvgIpc) is 2.40. The molecule has 0 aliphatic heterocycles. The van der Waals surface area contributed by atoms with Crippen molar-refractivity contribution in [1.82, 2.24) is 0 Å². The molecule has 106 valence electrons. The molecule has 0 spiro atoms. The normalized spacial score (nSPS) is 10.4. The molecular weight excluding hydrogens is 450 g/mol. The lowest BCUT2D eigenvalue weighted by Gasteiger charge is -2.11. The number of methoxy groups -OCH3 is 1. The maximum Gasteiger partial charge on any atom is 0.147 e. The molecule has 20 heavy (non-hydrogen) atoms. The fraction of sp³-hybridized carbons (Fsp3) is 0.200. The van der Waals surface area contributed by atoms with Gasteiger partial charge in [0.2, 0.25) is 0 Å². The molecule has 2 aromatic carbocycles. The minimum absolute atomic E-state index is 0.752. The van der Waals surface area contributed by atoms with Crippen LogP contribution in [0.15, 0.2) is 43.7 Å². The van der Waals surface area contributed by atoms with Crippen molar-refractivity contribution in [3.05, 3.63) is 54.9 Å². The number of benzene rings is 2. The third-order valence-electron chi connectivity index (χ3n) is 2.92. The van der Waals surface area contributed by atoms with Gasteiger partial charge in [-0.1, -0.05) is 15.9 Å². The molecule has 1 N–H and O–H groups in total. The second kappa shape index (κ2) is 6.96. The number of halogens is 3. The Hall–Kier alpha value is -0.520. The van der Waals surface area contributed by atoms with E-state index in [0.29, 0.717) is 0 Å².